The number of amides is 1. The molecule has 0 atom stereocenters. The molecule has 0 aliphatic rings. The predicted molar refractivity (Wildman–Crippen MR) is 107 cm³/mol. The van der Waals surface area contributed by atoms with Crippen LogP contribution in [0.3, 0.4) is 0 Å². The van der Waals surface area contributed by atoms with Gasteiger partial charge in [0.2, 0.25) is 0 Å². The first-order valence-electron chi connectivity index (χ1n) is 8.88. The molecule has 138 valence electrons. The highest BCUT2D eigenvalue weighted by molar-refractivity contribution is 5.94. The monoisotopic (exact) mass is 361 g/mol. The highest BCUT2D eigenvalue weighted by atomic mass is 16.5. The number of ether oxygens (including phenoxy) is 1. The number of hydrogen-bond acceptors (Lipinski definition) is 4. The van der Waals surface area contributed by atoms with Crippen LogP contribution in [0.25, 0.3) is 0 Å². The van der Waals surface area contributed by atoms with Crippen molar-refractivity contribution in [2.45, 2.75) is 13.0 Å². The molecular weight excluding hydrogens is 338 g/mol. The zero-order valence-electron chi connectivity index (χ0n) is 15.3. The van der Waals surface area contributed by atoms with Crippen molar-refractivity contribution in [3.63, 3.8) is 0 Å². The molecule has 1 heterocycles. The number of benzene rings is 2. The van der Waals surface area contributed by atoms with Crippen LogP contribution in [0.1, 0.15) is 21.5 Å². The Morgan fingerprint density at radius 3 is 2.63 bits per heavy atom. The fraction of sp³-hybridized carbons (Fsp3) is 0.182. The number of nitrogens with one attached hydrogen (secondary N) is 2. The molecule has 3 aromatic rings. The van der Waals surface area contributed by atoms with E-state index in [0.717, 1.165) is 23.4 Å². The van der Waals surface area contributed by atoms with E-state index in [1.165, 1.54) is 5.56 Å². The maximum Gasteiger partial charge on any atom is 0.252 e. The van der Waals surface area contributed by atoms with Crippen LogP contribution in [-0.4, -0.2) is 24.5 Å². The minimum Gasteiger partial charge on any atom is -0.497 e. The molecule has 5 heteroatoms. The van der Waals surface area contributed by atoms with Gasteiger partial charge in [0.15, 0.2) is 0 Å². The number of hydrogen-bond donors (Lipinski definition) is 2. The lowest BCUT2D eigenvalue weighted by Gasteiger charge is -2.09. The molecule has 0 bridgehead atoms. The molecule has 0 spiro atoms. The van der Waals surface area contributed by atoms with Crippen LogP contribution < -0.4 is 15.4 Å². The van der Waals surface area contributed by atoms with Gasteiger partial charge in [-0.2, -0.15) is 0 Å². The molecule has 27 heavy (non-hydrogen) atoms. The van der Waals surface area contributed by atoms with Crippen LogP contribution in [0.2, 0.25) is 0 Å². The van der Waals surface area contributed by atoms with Crippen molar-refractivity contribution in [1.82, 2.24) is 10.3 Å². The van der Waals surface area contributed by atoms with Gasteiger partial charge in [-0.15, -0.1) is 0 Å². The fourth-order valence-corrected chi connectivity index (χ4v) is 2.71. The molecule has 0 aliphatic carbocycles. The number of anilines is 1. The molecule has 2 aromatic carbocycles. The van der Waals surface area contributed by atoms with E-state index in [1.54, 1.807) is 19.5 Å². The Kier molecular flexibility index (Phi) is 6.41. The average molecular weight is 361 g/mol. The van der Waals surface area contributed by atoms with Crippen LogP contribution in [0.5, 0.6) is 5.75 Å². The van der Waals surface area contributed by atoms with Gasteiger partial charge in [-0.25, -0.2) is 0 Å². The Bertz CT molecular complexity index is 881. The van der Waals surface area contributed by atoms with E-state index < -0.39 is 0 Å². The maximum atomic E-state index is 12.4. The number of aromatic nitrogens is 1. The predicted octanol–water partition coefficient (Wildman–Crippen LogP) is 3.67. The number of methoxy groups -OCH3 is 1. The van der Waals surface area contributed by atoms with Crippen molar-refractivity contribution in [2.24, 2.45) is 0 Å². The summed E-state index contributed by atoms with van der Waals surface area (Å²) in [5.41, 5.74) is 3.65. The van der Waals surface area contributed by atoms with Crippen molar-refractivity contribution in [3.8, 4) is 5.75 Å². The number of carbonyl (C=O) groups excluding carboxylic acids is 1. The number of rotatable bonds is 8. The minimum absolute atomic E-state index is 0.131. The highest BCUT2D eigenvalue weighted by Gasteiger charge is 2.07. The lowest BCUT2D eigenvalue weighted by Crippen LogP contribution is -2.25. The Labute approximate surface area is 159 Å². The first-order valence-corrected chi connectivity index (χ1v) is 8.88. The van der Waals surface area contributed by atoms with E-state index in [2.05, 4.69) is 27.8 Å². The standard InChI is InChI=1S/C22H23N3O2/c1-27-21-9-5-8-17(12-21)10-11-24-22(26)19-13-20(16-23-15-19)25-14-18-6-3-2-4-7-18/h2-9,12-13,15-16,25H,10-11,14H2,1H3,(H,24,26). The van der Waals surface area contributed by atoms with Gasteiger partial charge >= 0.3 is 0 Å². The van der Waals surface area contributed by atoms with Crippen molar-refractivity contribution >= 4 is 11.6 Å². The van der Waals surface area contributed by atoms with Crippen LogP contribution in [-0.2, 0) is 13.0 Å². The molecule has 0 unspecified atom stereocenters. The summed E-state index contributed by atoms with van der Waals surface area (Å²) in [4.78, 5) is 16.5. The van der Waals surface area contributed by atoms with E-state index >= 15 is 0 Å². The molecule has 5 nitrogen and oxygen atoms in total. The van der Waals surface area contributed by atoms with Crippen molar-refractivity contribution in [3.05, 3.63) is 89.7 Å². The molecule has 0 aliphatic heterocycles. The van der Waals surface area contributed by atoms with Crippen LogP contribution >= 0.6 is 0 Å². The fourth-order valence-electron chi connectivity index (χ4n) is 2.71. The molecular formula is C22H23N3O2. The SMILES string of the molecule is COc1cccc(CCNC(=O)c2cncc(NCc3ccccc3)c2)c1. The number of pyridine rings is 1. The molecule has 1 amide bonds. The van der Waals surface area contributed by atoms with Gasteiger partial charge in [-0.05, 0) is 35.7 Å². The third kappa shape index (κ3) is 5.57. The summed E-state index contributed by atoms with van der Waals surface area (Å²) in [6.07, 6.45) is 4.03. The molecule has 2 N–H and O–H groups in total. The van der Waals surface area contributed by atoms with Crippen LogP contribution in [0.4, 0.5) is 5.69 Å². The van der Waals surface area contributed by atoms with Crippen molar-refractivity contribution in [1.29, 1.82) is 0 Å². The molecule has 1 aromatic heterocycles. The topological polar surface area (TPSA) is 63.2 Å². The van der Waals surface area contributed by atoms with E-state index in [9.17, 15) is 4.79 Å². The Morgan fingerprint density at radius 2 is 1.81 bits per heavy atom. The Hall–Kier alpha value is -3.34. The first-order chi connectivity index (χ1) is 13.2. The second-order valence-corrected chi connectivity index (χ2v) is 6.16. The smallest absolute Gasteiger partial charge is 0.252 e. The summed E-state index contributed by atoms with van der Waals surface area (Å²) in [6.45, 7) is 1.23. The van der Waals surface area contributed by atoms with E-state index in [4.69, 9.17) is 4.74 Å². The third-order valence-electron chi connectivity index (χ3n) is 4.17. The minimum atomic E-state index is -0.131. The highest BCUT2D eigenvalue weighted by Crippen LogP contribution is 2.13. The molecule has 0 radical (unpaired) electrons. The zero-order valence-corrected chi connectivity index (χ0v) is 15.3. The van der Waals surface area contributed by atoms with Gasteiger partial charge < -0.3 is 15.4 Å². The van der Waals surface area contributed by atoms with E-state index in [1.807, 2.05) is 48.5 Å². The summed E-state index contributed by atoms with van der Waals surface area (Å²) in [5.74, 6) is 0.689. The van der Waals surface area contributed by atoms with Crippen LogP contribution in [0.15, 0.2) is 73.1 Å². The average Bonchev–Trinajstić information content (AvgIpc) is 2.73. The quantitative estimate of drug-likeness (QED) is 0.642. The van der Waals surface area contributed by atoms with E-state index in [-0.39, 0.29) is 5.91 Å². The molecule has 3 rings (SSSR count). The number of nitrogens with zero attached hydrogens (tertiary/aromatic N) is 1. The Morgan fingerprint density at radius 1 is 1.00 bits per heavy atom. The Balaban J connectivity index is 1.52. The molecule has 0 saturated heterocycles. The summed E-state index contributed by atoms with van der Waals surface area (Å²) in [7, 11) is 1.65. The van der Waals surface area contributed by atoms with Gasteiger partial charge in [0, 0.05) is 25.5 Å². The van der Waals surface area contributed by atoms with Gasteiger partial charge in [0.05, 0.1) is 18.4 Å². The van der Waals surface area contributed by atoms with Crippen molar-refractivity contribution in [2.75, 3.05) is 19.0 Å². The number of carbonyl (C=O) groups is 1. The lowest BCUT2D eigenvalue weighted by atomic mass is 10.1. The molecule has 0 saturated carbocycles. The summed E-state index contributed by atoms with van der Waals surface area (Å²) in [6, 6.07) is 19.8. The lowest BCUT2D eigenvalue weighted by molar-refractivity contribution is 0.0954. The first kappa shape index (κ1) is 18.5. The third-order valence-corrected chi connectivity index (χ3v) is 4.17. The second kappa shape index (κ2) is 9.38. The van der Waals surface area contributed by atoms with Gasteiger partial charge in [-0.3, -0.25) is 9.78 Å². The second-order valence-electron chi connectivity index (χ2n) is 6.16. The van der Waals surface area contributed by atoms with Crippen molar-refractivity contribution < 1.29 is 9.53 Å². The van der Waals surface area contributed by atoms with Gasteiger partial charge in [-0.1, -0.05) is 42.5 Å². The van der Waals surface area contributed by atoms with Gasteiger partial charge in [0.1, 0.15) is 5.75 Å². The van der Waals surface area contributed by atoms with E-state index in [0.29, 0.717) is 18.7 Å². The van der Waals surface area contributed by atoms with Crippen LogP contribution in [0, 0.1) is 0 Å². The maximum absolute atomic E-state index is 12.4. The zero-order chi connectivity index (χ0) is 18.9. The summed E-state index contributed by atoms with van der Waals surface area (Å²) < 4.78 is 5.22. The van der Waals surface area contributed by atoms with Gasteiger partial charge in [0.25, 0.3) is 5.91 Å². The normalized spacial score (nSPS) is 10.3. The largest absolute Gasteiger partial charge is 0.497 e. The summed E-state index contributed by atoms with van der Waals surface area (Å²) in [5, 5.41) is 6.23. The summed E-state index contributed by atoms with van der Waals surface area (Å²) >= 11 is 0. The molecule has 0 fully saturated rings.